The van der Waals surface area contributed by atoms with E-state index in [-0.39, 0.29) is 5.82 Å². The molecule has 7 nitrogen and oxygen atoms in total. The third-order valence-electron chi connectivity index (χ3n) is 2.53. The zero-order valence-corrected chi connectivity index (χ0v) is 11.5. The van der Waals surface area contributed by atoms with E-state index in [2.05, 4.69) is 10.4 Å². The van der Waals surface area contributed by atoms with Gasteiger partial charge < -0.3 is 5.32 Å². The smallest absolute Gasteiger partial charge is 0.259 e. The molecule has 1 aromatic carbocycles. The average Bonchev–Trinajstić information content (AvgIpc) is 2.73. The van der Waals surface area contributed by atoms with Crippen LogP contribution in [0.2, 0.25) is 0 Å². The summed E-state index contributed by atoms with van der Waals surface area (Å²) in [5.41, 5.74) is -0.582. The first-order valence-electron chi connectivity index (χ1n) is 5.52. The van der Waals surface area contributed by atoms with E-state index in [1.54, 1.807) is 0 Å². The minimum absolute atomic E-state index is 0.367. The van der Waals surface area contributed by atoms with Crippen LogP contribution in [0.5, 0.6) is 0 Å². The van der Waals surface area contributed by atoms with E-state index in [0.29, 0.717) is 0 Å². The highest BCUT2D eigenvalue weighted by atomic mass is 32.2. The second-order valence-corrected chi connectivity index (χ2v) is 5.65. The zero-order chi connectivity index (χ0) is 15.8. The van der Waals surface area contributed by atoms with Crippen LogP contribution in [0.15, 0.2) is 29.3 Å². The van der Waals surface area contributed by atoms with Gasteiger partial charge in [-0.05, 0) is 12.1 Å². The highest BCUT2D eigenvalue weighted by Gasteiger charge is 2.22. The second-order valence-electron chi connectivity index (χ2n) is 4.12. The van der Waals surface area contributed by atoms with Crippen LogP contribution in [-0.2, 0) is 17.1 Å². The van der Waals surface area contributed by atoms with Gasteiger partial charge in [-0.25, -0.2) is 22.3 Å². The lowest BCUT2D eigenvalue weighted by Gasteiger charge is -2.05. The number of aromatic nitrogens is 2. The van der Waals surface area contributed by atoms with Gasteiger partial charge in [0.15, 0.2) is 17.5 Å². The molecule has 0 aliphatic heterocycles. The molecular formula is C11H10F2N4O3S. The molecule has 1 amide bonds. The molecule has 21 heavy (non-hydrogen) atoms. The molecule has 0 atom stereocenters. The Morgan fingerprint density at radius 2 is 2.05 bits per heavy atom. The van der Waals surface area contributed by atoms with Gasteiger partial charge in [0.1, 0.15) is 4.90 Å². The van der Waals surface area contributed by atoms with Crippen LogP contribution in [0, 0.1) is 11.6 Å². The number of amides is 1. The maximum absolute atomic E-state index is 13.5. The van der Waals surface area contributed by atoms with Crippen molar-refractivity contribution in [3.8, 4) is 0 Å². The van der Waals surface area contributed by atoms with Gasteiger partial charge in [-0.2, -0.15) is 5.10 Å². The van der Waals surface area contributed by atoms with E-state index in [1.807, 2.05) is 0 Å². The van der Waals surface area contributed by atoms with Crippen molar-refractivity contribution in [1.82, 2.24) is 9.78 Å². The highest BCUT2D eigenvalue weighted by Crippen LogP contribution is 2.19. The Kier molecular flexibility index (Phi) is 3.75. The molecule has 1 aromatic heterocycles. The van der Waals surface area contributed by atoms with E-state index in [4.69, 9.17) is 5.14 Å². The molecule has 0 unspecified atom stereocenters. The van der Waals surface area contributed by atoms with Crippen LogP contribution in [0.3, 0.4) is 0 Å². The normalized spacial score (nSPS) is 11.4. The minimum Gasteiger partial charge on any atom is -0.304 e. The quantitative estimate of drug-likeness (QED) is 0.864. The Hall–Kier alpha value is -2.33. The number of carbonyl (C=O) groups is 1. The number of nitrogens with one attached hydrogen (secondary N) is 1. The third kappa shape index (κ3) is 3.06. The molecule has 0 saturated carbocycles. The fraction of sp³-hybridized carbons (Fsp3) is 0.0909. The highest BCUT2D eigenvalue weighted by molar-refractivity contribution is 7.89. The fourth-order valence-corrected chi connectivity index (χ4v) is 2.28. The number of nitrogens with zero attached hydrogens (tertiary/aromatic N) is 2. The van der Waals surface area contributed by atoms with Gasteiger partial charge in [-0.3, -0.25) is 9.48 Å². The Morgan fingerprint density at radius 3 is 2.67 bits per heavy atom. The van der Waals surface area contributed by atoms with Crippen molar-refractivity contribution in [2.24, 2.45) is 12.2 Å². The second kappa shape index (κ2) is 5.22. The van der Waals surface area contributed by atoms with Crippen molar-refractivity contribution >= 4 is 21.7 Å². The van der Waals surface area contributed by atoms with E-state index in [9.17, 15) is 22.0 Å². The van der Waals surface area contributed by atoms with E-state index >= 15 is 0 Å². The average molecular weight is 316 g/mol. The molecule has 1 heterocycles. The fourth-order valence-electron chi connectivity index (χ4n) is 1.62. The maximum atomic E-state index is 13.5. The number of carbonyl (C=O) groups excluding carboxylic acids is 1. The number of hydrogen-bond acceptors (Lipinski definition) is 4. The topological polar surface area (TPSA) is 107 Å². The number of hydrogen-bond donors (Lipinski definition) is 2. The lowest BCUT2D eigenvalue weighted by atomic mass is 10.2. The molecule has 0 aliphatic carbocycles. The summed E-state index contributed by atoms with van der Waals surface area (Å²) in [5, 5.41) is 10.8. The van der Waals surface area contributed by atoms with E-state index in [1.165, 1.54) is 7.05 Å². The number of nitrogens with two attached hydrogens (primary N) is 1. The first kappa shape index (κ1) is 15.1. The molecule has 0 bridgehead atoms. The molecule has 2 aromatic rings. The summed E-state index contributed by atoms with van der Waals surface area (Å²) in [4.78, 5) is 11.4. The molecule has 10 heteroatoms. The van der Waals surface area contributed by atoms with Crippen molar-refractivity contribution in [2.45, 2.75) is 4.90 Å². The van der Waals surface area contributed by atoms with Crippen molar-refractivity contribution in [2.75, 3.05) is 5.32 Å². The van der Waals surface area contributed by atoms with Crippen LogP contribution >= 0.6 is 0 Å². The summed E-state index contributed by atoms with van der Waals surface area (Å²) < 4.78 is 50.3. The lowest BCUT2D eigenvalue weighted by molar-refractivity contribution is 0.102. The first-order valence-corrected chi connectivity index (χ1v) is 7.06. The maximum Gasteiger partial charge on any atom is 0.259 e. The van der Waals surface area contributed by atoms with Crippen LogP contribution in [0.1, 0.15) is 10.4 Å². The van der Waals surface area contributed by atoms with Gasteiger partial charge in [-0.15, -0.1) is 0 Å². The van der Waals surface area contributed by atoms with Crippen LogP contribution < -0.4 is 10.5 Å². The lowest BCUT2D eigenvalue weighted by Crippen LogP contribution is -2.19. The third-order valence-corrected chi connectivity index (χ3v) is 3.44. The van der Waals surface area contributed by atoms with E-state index < -0.39 is 38.0 Å². The molecule has 3 N–H and O–H groups in total. The number of aryl methyl sites for hydroxylation is 1. The summed E-state index contributed by atoms with van der Waals surface area (Å²) in [7, 11) is -2.71. The minimum atomic E-state index is -4.12. The summed E-state index contributed by atoms with van der Waals surface area (Å²) in [6.07, 6.45) is 1.08. The molecule has 2 rings (SSSR count). The molecular weight excluding hydrogens is 306 g/mol. The number of halogens is 2. The number of sulfonamides is 1. The van der Waals surface area contributed by atoms with Crippen molar-refractivity contribution in [3.05, 3.63) is 41.6 Å². The Labute approximate surface area is 118 Å². The predicted octanol–water partition coefficient (Wildman–Crippen LogP) is 0.598. The molecule has 0 fully saturated rings. The van der Waals surface area contributed by atoms with Crippen LogP contribution in [0.4, 0.5) is 14.6 Å². The summed E-state index contributed by atoms with van der Waals surface area (Å²) in [6.45, 7) is 0. The Morgan fingerprint density at radius 1 is 1.38 bits per heavy atom. The molecule has 112 valence electrons. The summed E-state index contributed by atoms with van der Waals surface area (Å²) in [5.74, 6) is -3.96. The number of primary sulfonamides is 1. The molecule has 0 radical (unpaired) electrons. The Balaban J connectivity index is 2.39. The van der Waals surface area contributed by atoms with Gasteiger partial charge in [0.2, 0.25) is 10.0 Å². The SMILES string of the molecule is Cn1cc(S(N)(=O)=O)c(NC(=O)c2cccc(F)c2F)n1. The molecule has 0 spiro atoms. The summed E-state index contributed by atoms with van der Waals surface area (Å²) in [6, 6.07) is 3.04. The van der Waals surface area contributed by atoms with Gasteiger partial charge in [-0.1, -0.05) is 6.07 Å². The standard InChI is InChI=1S/C11H10F2N4O3S/c1-17-5-8(21(14,19)20)10(16-17)15-11(18)6-3-2-4-7(12)9(6)13/h2-5H,1H3,(H2,14,19,20)(H,15,16,18). The van der Waals surface area contributed by atoms with Crippen molar-refractivity contribution < 1.29 is 22.0 Å². The number of benzene rings is 1. The van der Waals surface area contributed by atoms with E-state index in [0.717, 1.165) is 29.1 Å². The largest absolute Gasteiger partial charge is 0.304 e. The van der Waals surface area contributed by atoms with Crippen LogP contribution in [0.25, 0.3) is 0 Å². The zero-order valence-electron chi connectivity index (χ0n) is 10.7. The van der Waals surface area contributed by atoms with Gasteiger partial charge in [0, 0.05) is 13.2 Å². The van der Waals surface area contributed by atoms with Gasteiger partial charge in [0.25, 0.3) is 5.91 Å². The van der Waals surface area contributed by atoms with Crippen molar-refractivity contribution in [1.29, 1.82) is 0 Å². The number of anilines is 1. The monoisotopic (exact) mass is 316 g/mol. The summed E-state index contributed by atoms with van der Waals surface area (Å²) >= 11 is 0. The predicted molar refractivity (Wildman–Crippen MR) is 68.9 cm³/mol. The molecule has 0 aliphatic rings. The first-order chi connectivity index (χ1) is 9.70. The number of rotatable bonds is 3. The van der Waals surface area contributed by atoms with Crippen molar-refractivity contribution in [3.63, 3.8) is 0 Å². The Bertz CT molecular complexity index is 817. The van der Waals surface area contributed by atoms with Crippen LogP contribution in [-0.4, -0.2) is 24.1 Å². The van der Waals surface area contributed by atoms with Gasteiger partial charge >= 0.3 is 0 Å². The molecule has 0 saturated heterocycles. The van der Waals surface area contributed by atoms with Gasteiger partial charge in [0.05, 0.1) is 5.56 Å².